The van der Waals surface area contributed by atoms with Crippen molar-refractivity contribution in [1.29, 1.82) is 0 Å². The van der Waals surface area contributed by atoms with Gasteiger partial charge in [-0.3, -0.25) is 0 Å². The molecule has 182 valence electrons. The summed E-state index contributed by atoms with van der Waals surface area (Å²) in [7, 11) is 0. The van der Waals surface area contributed by atoms with Crippen molar-refractivity contribution in [3.63, 3.8) is 0 Å². The summed E-state index contributed by atoms with van der Waals surface area (Å²) in [5.41, 5.74) is 0.146. The minimum atomic E-state index is -0.692. The molecule has 5 nitrogen and oxygen atoms in total. The standard InChI is InChI=1S/C27H44O5/c1-14-5-8-27(31-13-14)15(2)24-23(32-27)11-18-16-9-20(28)19-10-21(29)22(30)12-26(19,4)17(16)6-7-25(18,24)3/h14-24,28-30H,5-13H2,1-4H3/t14-,15+,16-,17+,18+,19-,20-,21-,22-,23+,24+,25+,26-,27?/m1/s1. The van der Waals surface area contributed by atoms with Gasteiger partial charge in [0, 0.05) is 12.3 Å². The lowest BCUT2D eigenvalue weighted by Gasteiger charge is -2.62. The van der Waals surface area contributed by atoms with Gasteiger partial charge in [-0.15, -0.1) is 0 Å². The molecule has 1 unspecified atom stereocenters. The zero-order chi connectivity index (χ0) is 22.6. The fourth-order valence-corrected chi connectivity index (χ4v) is 10.3. The molecule has 6 aliphatic rings. The van der Waals surface area contributed by atoms with E-state index < -0.39 is 12.2 Å². The predicted molar refractivity (Wildman–Crippen MR) is 121 cm³/mol. The minimum absolute atomic E-state index is 0.0870. The van der Waals surface area contributed by atoms with Gasteiger partial charge in [-0.25, -0.2) is 0 Å². The number of aliphatic hydroxyl groups excluding tert-OH is 3. The van der Waals surface area contributed by atoms with E-state index in [9.17, 15) is 15.3 Å². The Morgan fingerprint density at radius 1 is 0.781 bits per heavy atom. The molecule has 6 rings (SSSR count). The van der Waals surface area contributed by atoms with E-state index >= 15 is 0 Å². The predicted octanol–water partition coefficient (Wildman–Crippen LogP) is 3.74. The Labute approximate surface area is 193 Å². The zero-order valence-electron chi connectivity index (χ0n) is 20.4. The van der Waals surface area contributed by atoms with Crippen LogP contribution in [0.2, 0.25) is 0 Å². The fraction of sp³-hybridized carbons (Fsp3) is 1.00. The van der Waals surface area contributed by atoms with Gasteiger partial charge in [0.15, 0.2) is 5.79 Å². The second kappa shape index (κ2) is 7.16. The summed E-state index contributed by atoms with van der Waals surface area (Å²) in [4.78, 5) is 0. The summed E-state index contributed by atoms with van der Waals surface area (Å²) in [6.45, 7) is 10.3. The number of ether oxygens (including phenoxy) is 2. The number of fused-ring (bicyclic) bond motifs is 7. The van der Waals surface area contributed by atoms with Crippen LogP contribution in [-0.2, 0) is 9.47 Å². The lowest BCUT2D eigenvalue weighted by molar-refractivity contribution is -0.273. The van der Waals surface area contributed by atoms with Crippen molar-refractivity contribution in [1.82, 2.24) is 0 Å². The quantitative estimate of drug-likeness (QED) is 0.526. The Kier molecular flexibility index (Phi) is 4.99. The van der Waals surface area contributed by atoms with E-state index in [1.807, 2.05) is 0 Å². The van der Waals surface area contributed by atoms with Crippen LogP contribution in [0.25, 0.3) is 0 Å². The van der Waals surface area contributed by atoms with Crippen LogP contribution >= 0.6 is 0 Å². The Hall–Kier alpha value is -0.200. The number of hydrogen-bond donors (Lipinski definition) is 3. The van der Waals surface area contributed by atoms with Gasteiger partial charge in [0.25, 0.3) is 0 Å². The molecule has 0 radical (unpaired) electrons. The Balaban J connectivity index is 1.28. The molecule has 4 saturated carbocycles. The van der Waals surface area contributed by atoms with Crippen LogP contribution in [0.5, 0.6) is 0 Å². The third kappa shape index (κ3) is 2.81. The largest absolute Gasteiger partial charge is 0.393 e. The lowest BCUT2D eigenvalue weighted by atomic mass is 9.43. The van der Waals surface area contributed by atoms with Gasteiger partial charge in [0.2, 0.25) is 0 Å². The summed E-state index contributed by atoms with van der Waals surface area (Å²) in [6, 6.07) is 0. The first-order chi connectivity index (χ1) is 15.1. The fourth-order valence-electron chi connectivity index (χ4n) is 10.3. The van der Waals surface area contributed by atoms with E-state index in [4.69, 9.17) is 9.47 Å². The molecule has 4 aliphatic carbocycles. The Bertz CT molecular complexity index is 748. The van der Waals surface area contributed by atoms with Crippen molar-refractivity contribution in [2.75, 3.05) is 6.61 Å². The van der Waals surface area contributed by atoms with E-state index in [-0.39, 0.29) is 34.7 Å². The molecule has 6 fully saturated rings. The van der Waals surface area contributed by atoms with Crippen LogP contribution in [0.15, 0.2) is 0 Å². The van der Waals surface area contributed by atoms with E-state index in [1.54, 1.807) is 0 Å². The second-order valence-electron chi connectivity index (χ2n) is 13.4. The maximum absolute atomic E-state index is 11.3. The molecule has 2 aliphatic heterocycles. The van der Waals surface area contributed by atoms with Gasteiger partial charge >= 0.3 is 0 Å². The molecule has 14 atom stereocenters. The van der Waals surface area contributed by atoms with Crippen LogP contribution < -0.4 is 0 Å². The highest BCUT2D eigenvalue weighted by atomic mass is 16.7. The van der Waals surface area contributed by atoms with Crippen LogP contribution in [0.1, 0.15) is 79.1 Å². The molecular formula is C27H44O5. The Morgan fingerprint density at radius 2 is 1.56 bits per heavy atom. The highest BCUT2D eigenvalue weighted by Crippen LogP contribution is 2.71. The van der Waals surface area contributed by atoms with Gasteiger partial charge in [-0.2, -0.15) is 0 Å². The van der Waals surface area contributed by atoms with Gasteiger partial charge < -0.3 is 24.8 Å². The number of hydrogen-bond acceptors (Lipinski definition) is 5. The summed E-state index contributed by atoms with van der Waals surface area (Å²) in [5.74, 6) is 2.86. The average molecular weight is 449 g/mol. The molecule has 2 heterocycles. The topological polar surface area (TPSA) is 79.2 Å². The molecule has 0 amide bonds. The monoisotopic (exact) mass is 448 g/mol. The zero-order valence-corrected chi connectivity index (χ0v) is 20.4. The molecule has 1 spiro atoms. The lowest BCUT2D eigenvalue weighted by Crippen LogP contribution is -2.61. The van der Waals surface area contributed by atoms with Crippen LogP contribution in [0.4, 0.5) is 0 Å². The first-order valence-electron chi connectivity index (χ1n) is 13.4. The first-order valence-corrected chi connectivity index (χ1v) is 13.4. The van der Waals surface area contributed by atoms with E-state index in [1.165, 1.54) is 19.3 Å². The van der Waals surface area contributed by atoms with Gasteiger partial charge in [-0.1, -0.05) is 27.7 Å². The van der Waals surface area contributed by atoms with Crippen molar-refractivity contribution in [3.05, 3.63) is 0 Å². The highest BCUT2D eigenvalue weighted by Gasteiger charge is 2.70. The molecule has 5 heteroatoms. The maximum Gasteiger partial charge on any atom is 0.171 e. The summed E-state index contributed by atoms with van der Waals surface area (Å²) < 4.78 is 13.3. The second-order valence-corrected chi connectivity index (χ2v) is 13.4. The van der Waals surface area contributed by atoms with Crippen molar-refractivity contribution in [2.24, 2.45) is 52.3 Å². The molecule has 0 aromatic carbocycles. The minimum Gasteiger partial charge on any atom is -0.393 e. The van der Waals surface area contributed by atoms with Crippen molar-refractivity contribution in [2.45, 2.75) is 109 Å². The highest BCUT2D eigenvalue weighted by molar-refractivity contribution is 5.16. The molecule has 0 aromatic heterocycles. The Morgan fingerprint density at radius 3 is 2.28 bits per heavy atom. The average Bonchev–Trinajstić information content (AvgIpc) is 3.18. The van der Waals surface area contributed by atoms with Gasteiger partial charge in [0.05, 0.1) is 31.0 Å². The summed E-state index contributed by atoms with van der Waals surface area (Å²) in [6.07, 6.45) is 6.22. The molecular weight excluding hydrogens is 404 g/mol. The summed E-state index contributed by atoms with van der Waals surface area (Å²) in [5, 5.41) is 32.1. The molecule has 2 saturated heterocycles. The molecule has 0 bridgehead atoms. The van der Waals surface area contributed by atoms with E-state index in [0.29, 0.717) is 48.3 Å². The van der Waals surface area contributed by atoms with Crippen molar-refractivity contribution >= 4 is 0 Å². The third-order valence-corrected chi connectivity index (χ3v) is 12.0. The number of aliphatic hydroxyl groups is 3. The van der Waals surface area contributed by atoms with E-state index in [0.717, 1.165) is 25.9 Å². The van der Waals surface area contributed by atoms with Crippen LogP contribution in [-0.4, -0.2) is 52.1 Å². The third-order valence-electron chi connectivity index (χ3n) is 12.0. The van der Waals surface area contributed by atoms with E-state index in [2.05, 4.69) is 27.7 Å². The van der Waals surface area contributed by atoms with Crippen LogP contribution in [0.3, 0.4) is 0 Å². The van der Waals surface area contributed by atoms with Crippen molar-refractivity contribution < 1.29 is 24.8 Å². The SMILES string of the molecule is C[C@@H]1CCC2(OC1)O[C@H]1C[C@H]3[C@@H]4C[C@@H](O)[C@H]5C[C@@H](O)[C@H](O)C[C@]5(C)[C@H]4CC[C@]3(C)[C@H]1[C@@H]2C. The van der Waals surface area contributed by atoms with Crippen molar-refractivity contribution in [3.8, 4) is 0 Å². The molecule has 32 heavy (non-hydrogen) atoms. The van der Waals surface area contributed by atoms with Crippen LogP contribution in [0, 0.1) is 52.3 Å². The molecule has 3 N–H and O–H groups in total. The molecule has 0 aromatic rings. The first kappa shape index (κ1) is 22.3. The maximum atomic E-state index is 11.3. The normalized spacial score (nSPS) is 64.0. The van der Waals surface area contributed by atoms with Gasteiger partial charge in [0.1, 0.15) is 0 Å². The number of rotatable bonds is 0. The summed E-state index contributed by atoms with van der Waals surface area (Å²) >= 11 is 0. The smallest absolute Gasteiger partial charge is 0.171 e. The van der Waals surface area contributed by atoms with Gasteiger partial charge in [-0.05, 0) is 91.3 Å².